The lowest BCUT2D eigenvalue weighted by Gasteiger charge is -2.14. The molecule has 0 fully saturated rings. The van der Waals surface area contributed by atoms with Crippen LogP contribution >= 0.6 is 0 Å². The summed E-state index contributed by atoms with van der Waals surface area (Å²) in [6.45, 7) is 0.906. The van der Waals surface area contributed by atoms with Gasteiger partial charge in [-0.25, -0.2) is 14.4 Å². The van der Waals surface area contributed by atoms with Crippen LogP contribution in [0.3, 0.4) is 0 Å². The minimum Gasteiger partial charge on any atom is -0.332 e. The Morgan fingerprint density at radius 3 is 2.55 bits per heavy atom. The summed E-state index contributed by atoms with van der Waals surface area (Å²) in [4.78, 5) is 27.4. The first kappa shape index (κ1) is 19.0. The van der Waals surface area contributed by atoms with Crippen LogP contribution in [0, 0.1) is 5.82 Å². The predicted octanol–water partition coefficient (Wildman–Crippen LogP) is 3.16. The van der Waals surface area contributed by atoms with Gasteiger partial charge in [-0.2, -0.15) is 5.10 Å². The summed E-state index contributed by atoms with van der Waals surface area (Å²) in [6, 6.07) is 9.96. The van der Waals surface area contributed by atoms with E-state index in [4.69, 9.17) is 0 Å². The number of pyridine rings is 1. The van der Waals surface area contributed by atoms with Crippen molar-refractivity contribution in [1.29, 1.82) is 0 Å². The fourth-order valence-electron chi connectivity index (χ4n) is 3.88. The number of benzene rings is 1. The van der Waals surface area contributed by atoms with E-state index in [2.05, 4.69) is 20.1 Å². The van der Waals surface area contributed by atoms with Gasteiger partial charge in [0.2, 0.25) is 5.91 Å². The Balaban J connectivity index is 1.47. The third kappa shape index (κ3) is 3.68. The minimum absolute atomic E-state index is 0.0416. The highest BCUT2D eigenvalue weighted by Gasteiger charge is 2.28. The van der Waals surface area contributed by atoms with E-state index in [0.717, 1.165) is 33.6 Å². The molecule has 4 heterocycles. The molecule has 8 heteroatoms. The van der Waals surface area contributed by atoms with Crippen molar-refractivity contribution in [2.45, 2.75) is 19.5 Å². The molecule has 0 aliphatic carbocycles. The SMILES string of the molecule is Cn1cc(-c2ccnc3c2CN(C(=O)Cc2ncccn2)C3)c(-c2ccc(F)cc2)n1. The fourth-order valence-corrected chi connectivity index (χ4v) is 3.88. The number of carbonyl (C=O) groups excluding carboxylic acids is 1. The quantitative estimate of drug-likeness (QED) is 0.513. The van der Waals surface area contributed by atoms with Crippen molar-refractivity contribution in [3.63, 3.8) is 0 Å². The van der Waals surface area contributed by atoms with Gasteiger partial charge in [0.25, 0.3) is 0 Å². The zero-order valence-corrected chi connectivity index (χ0v) is 16.9. The van der Waals surface area contributed by atoms with Crippen molar-refractivity contribution in [2.24, 2.45) is 7.05 Å². The maximum absolute atomic E-state index is 13.4. The molecule has 0 bridgehead atoms. The molecule has 0 spiro atoms. The van der Waals surface area contributed by atoms with Crippen molar-refractivity contribution >= 4 is 5.91 Å². The van der Waals surface area contributed by atoms with Gasteiger partial charge in [-0.3, -0.25) is 14.5 Å². The molecule has 0 saturated heterocycles. The highest BCUT2D eigenvalue weighted by atomic mass is 19.1. The zero-order valence-electron chi connectivity index (χ0n) is 16.9. The van der Waals surface area contributed by atoms with Crippen LogP contribution in [0.4, 0.5) is 4.39 Å². The molecule has 0 saturated carbocycles. The summed E-state index contributed by atoms with van der Waals surface area (Å²) in [6.07, 6.45) is 7.11. The number of halogens is 1. The summed E-state index contributed by atoms with van der Waals surface area (Å²) in [5.74, 6) is 0.171. The number of hydrogen-bond acceptors (Lipinski definition) is 5. The van der Waals surface area contributed by atoms with Crippen molar-refractivity contribution < 1.29 is 9.18 Å². The summed E-state index contributed by atoms with van der Waals surface area (Å²) < 4.78 is 15.1. The van der Waals surface area contributed by atoms with Gasteiger partial charge < -0.3 is 4.90 Å². The molecule has 1 amide bonds. The third-order valence-corrected chi connectivity index (χ3v) is 5.35. The fraction of sp³-hybridized carbons (Fsp3) is 0.174. The number of amides is 1. The molecule has 0 unspecified atom stereocenters. The smallest absolute Gasteiger partial charge is 0.230 e. The number of hydrogen-bond donors (Lipinski definition) is 0. The van der Waals surface area contributed by atoms with Crippen molar-refractivity contribution in [3.8, 4) is 22.4 Å². The molecule has 1 aromatic carbocycles. The van der Waals surface area contributed by atoms with Crippen molar-refractivity contribution in [3.05, 3.63) is 84.1 Å². The molecule has 0 radical (unpaired) electrons. The molecule has 7 nitrogen and oxygen atoms in total. The minimum atomic E-state index is -0.289. The Morgan fingerprint density at radius 1 is 1.00 bits per heavy atom. The van der Waals surface area contributed by atoms with E-state index < -0.39 is 0 Å². The van der Waals surface area contributed by atoms with Crippen LogP contribution in [0.1, 0.15) is 17.1 Å². The van der Waals surface area contributed by atoms with Gasteiger partial charge >= 0.3 is 0 Å². The molecular weight excluding hydrogens is 395 g/mol. The normalized spacial score (nSPS) is 12.8. The maximum atomic E-state index is 13.4. The van der Waals surface area contributed by atoms with Crippen LogP contribution in [0.25, 0.3) is 22.4 Å². The molecule has 1 aliphatic rings. The van der Waals surface area contributed by atoms with Gasteiger partial charge in [0.15, 0.2) is 0 Å². The van der Waals surface area contributed by atoms with E-state index >= 15 is 0 Å². The van der Waals surface area contributed by atoms with E-state index in [9.17, 15) is 9.18 Å². The largest absolute Gasteiger partial charge is 0.332 e. The summed E-state index contributed by atoms with van der Waals surface area (Å²) in [7, 11) is 1.85. The van der Waals surface area contributed by atoms with Crippen LogP contribution in [0.15, 0.2) is 61.2 Å². The number of carbonyl (C=O) groups is 1. The first-order valence-electron chi connectivity index (χ1n) is 9.89. The first-order valence-corrected chi connectivity index (χ1v) is 9.89. The number of aryl methyl sites for hydroxylation is 1. The Kier molecular flexibility index (Phi) is 4.74. The average Bonchev–Trinajstić information content (AvgIpc) is 3.38. The predicted molar refractivity (Wildman–Crippen MR) is 112 cm³/mol. The molecular formula is C23H19FN6O. The molecule has 1 aliphatic heterocycles. The Hall–Kier alpha value is -3.94. The number of nitrogens with zero attached hydrogens (tertiary/aromatic N) is 6. The topological polar surface area (TPSA) is 76.8 Å². The summed E-state index contributed by atoms with van der Waals surface area (Å²) in [5, 5.41) is 4.60. The summed E-state index contributed by atoms with van der Waals surface area (Å²) in [5.41, 5.74) is 5.36. The number of fused-ring (bicyclic) bond motifs is 1. The van der Waals surface area contributed by atoms with Crippen LogP contribution in [-0.2, 0) is 31.4 Å². The van der Waals surface area contributed by atoms with Gasteiger partial charge in [-0.15, -0.1) is 0 Å². The highest BCUT2D eigenvalue weighted by molar-refractivity contribution is 5.84. The van der Waals surface area contributed by atoms with Crippen LogP contribution < -0.4 is 0 Å². The molecule has 4 aromatic rings. The van der Waals surface area contributed by atoms with Crippen molar-refractivity contribution in [2.75, 3.05) is 0 Å². The highest BCUT2D eigenvalue weighted by Crippen LogP contribution is 2.36. The van der Waals surface area contributed by atoms with E-state index in [1.54, 1.807) is 46.4 Å². The van der Waals surface area contributed by atoms with Crippen LogP contribution in [-0.4, -0.2) is 35.5 Å². The monoisotopic (exact) mass is 414 g/mol. The lowest BCUT2D eigenvalue weighted by Crippen LogP contribution is -2.27. The van der Waals surface area contributed by atoms with Crippen LogP contribution in [0.2, 0.25) is 0 Å². The molecule has 5 rings (SSSR count). The zero-order chi connectivity index (χ0) is 21.4. The molecule has 3 aromatic heterocycles. The molecule has 0 atom stereocenters. The van der Waals surface area contributed by atoms with Gasteiger partial charge in [-0.1, -0.05) is 0 Å². The van der Waals surface area contributed by atoms with Gasteiger partial charge in [0.05, 0.1) is 18.7 Å². The second-order valence-corrected chi connectivity index (χ2v) is 7.45. The average molecular weight is 414 g/mol. The van der Waals surface area contributed by atoms with Crippen molar-refractivity contribution in [1.82, 2.24) is 29.6 Å². The van der Waals surface area contributed by atoms with Crippen LogP contribution in [0.5, 0.6) is 0 Å². The van der Waals surface area contributed by atoms with Gasteiger partial charge in [-0.05, 0) is 42.0 Å². The van der Waals surface area contributed by atoms with E-state index in [-0.39, 0.29) is 18.1 Å². The lowest BCUT2D eigenvalue weighted by atomic mass is 9.98. The van der Waals surface area contributed by atoms with Gasteiger partial charge in [0, 0.05) is 55.1 Å². The summed E-state index contributed by atoms with van der Waals surface area (Å²) >= 11 is 0. The van der Waals surface area contributed by atoms with E-state index in [1.807, 2.05) is 19.3 Å². The van der Waals surface area contributed by atoms with E-state index in [0.29, 0.717) is 18.9 Å². The second-order valence-electron chi connectivity index (χ2n) is 7.45. The van der Waals surface area contributed by atoms with E-state index in [1.165, 1.54) is 12.1 Å². The second kappa shape index (κ2) is 7.71. The Labute approximate surface area is 178 Å². The number of aromatic nitrogens is 5. The standard InChI is InChI=1S/C23H19FN6O/c1-29-12-19(23(28-29)15-3-5-16(24)6-4-15)17-7-10-25-20-14-30(13-18(17)20)22(31)11-21-26-8-2-9-27-21/h2-10,12H,11,13-14H2,1H3. The Morgan fingerprint density at radius 2 is 1.77 bits per heavy atom. The maximum Gasteiger partial charge on any atom is 0.230 e. The Bertz CT molecular complexity index is 1250. The van der Waals surface area contributed by atoms with Gasteiger partial charge in [0.1, 0.15) is 17.3 Å². The lowest BCUT2D eigenvalue weighted by molar-refractivity contribution is -0.131. The molecule has 31 heavy (non-hydrogen) atoms. The first-order chi connectivity index (χ1) is 15.1. The third-order valence-electron chi connectivity index (χ3n) is 5.35. The number of rotatable bonds is 4. The molecule has 0 N–H and O–H groups in total. The molecule has 154 valence electrons.